The van der Waals surface area contributed by atoms with E-state index in [9.17, 15) is 4.79 Å². The number of carbonyl (C=O) groups excluding carboxylic acids is 1. The summed E-state index contributed by atoms with van der Waals surface area (Å²) in [4.78, 5) is 23.0. The average molecular weight is 495 g/mol. The van der Waals surface area contributed by atoms with Crippen LogP contribution in [0, 0.1) is 12.3 Å². The van der Waals surface area contributed by atoms with Crippen molar-refractivity contribution in [2.24, 2.45) is 5.73 Å². The van der Waals surface area contributed by atoms with Gasteiger partial charge in [0.05, 0.1) is 11.9 Å². The van der Waals surface area contributed by atoms with Crippen molar-refractivity contribution in [2.45, 2.75) is 56.7 Å². The molecule has 1 saturated heterocycles. The highest BCUT2D eigenvalue weighted by Gasteiger charge is 2.29. The van der Waals surface area contributed by atoms with Gasteiger partial charge in [0.1, 0.15) is 11.5 Å². The van der Waals surface area contributed by atoms with Crippen LogP contribution in [0.3, 0.4) is 0 Å². The van der Waals surface area contributed by atoms with Gasteiger partial charge in [-0.2, -0.15) is 0 Å². The van der Waals surface area contributed by atoms with Crippen molar-refractivity contribution in [3.63, 3.8) is 0 Å². The second-order valence-corrected chi connectivity index (χ2v) is 10.0. The van der Waals surface area contributed by atoms with E-state index in [0.717, 1.165) is 55.0 Å². The highest BCUT2D eigenvalue weighted by molar-refractivity contribution is 5.94. The number of nitrogens with one attached hydrogen (secondary N) is 2. The Balaban J connectivity index is 1.25. The van der Waals surface area contributed by atoms with Crippen molar-refractivity contribution < 1.29 is 4.79 Å². The van der Waals surface area contributed by atoms with Crippen LogP contribution < -0.4 is 21.3 Å². The molecule has 1 saturated carbocycles. The van der Waals surface area contributed by atoms with Gasteiger partial charge >= 0.3 is 0 Å². The maximum absolute atomic E-state index is 11.6. The Bertz CT molecular complexity index is 1270. The lowest BCUT2D eigenvalue weighted by molar-refractivity contribution is 0.100. The number of aromatic nitrogens is 2. The molecule has 7 nitrogen and oxygen atoms in total. The molecular weight excluding hydrogens is 460 g/mol. The number of hydrogen-bond donors (Lipinski definition) is 3. The fraction of sp³-hybridized carbons (Fsp3) is 0.367. The summed E-state index contributed by atoms with van der Waals surface area (Å²) in [6, 6.07) is 16.5. The summed E-state index contributed by atoms with van der Waals surface area (Å²) < 4.78 is 0. The van der Waals surface area contributed by atoms with Crippen LogP contribution in [0.2, 0.25) is 0 Å². The molecule has 0 radical (unpaired) electrons. The summed E-state index contributed by atoms with van der Waals surface area (Å²) in [5.74, 6) is 3.02. The molecule has 5 rings (SSSR count). The molecule has 3 atom stereocenters. The third kappa shape index (κ3) is 6.10. The predicted molar refractivity (Wildman–Crippen MR) is 148 cm³/mol. The lowest BCUT2D eigenvalue weighted by Crippen LogP contribution is -2.55. The topological polar surface area (TPSA) is 96.2 Å². The molecule has 0 bridgehead atoms. The first-order valence-electron chi connectivity index (χ1n) is 13.2. The van der Waals surface area contributed by atoms with Crippen molar-refractivity contribution in [2.75, 3.05) is 23.3 Å². The molecule has 3 aromatic rings. The fourth-order valence-electron chi connectivity index (χ4n) is 5.54. The number of pyridine rings is 2. The highest BCUT2D eigenvalue weighted by atomic mass is 16.1. The van der Waals surface area contributed by atoms with E-state index in [0.29, 0.717) is 29.4 Å². The predicted octanol–water partition coefficient (Wildman–Crippen LogP) is 4.21. The lowest BCUT2D eigenvalue weighted by Gasteiger charge is -2.40. The first-order chi connectivity index (χ1) is 18.1. The standard InChI is InChI=1S/C30H34N6O/c1-2-24-12-13-26(19-33-24)36-16-6-9-25(20-36)34-27-10-3-4-11-28(27)35-29-18-22(14-15-32-29)21-7-5-8-23(17-21)30(31)37/h1,5,7-8,12-15,17-19,25,27-28,34H,3-4,6,9-11,16,20H2,(H2,31,37)(H,32,35)/t25?,27-,28?/m1/s1. The molecule has 2 aliphatic rings. The van der Waals surface area contributed by atoms with Crippen LogP contribution in [0.5, 0.6) is 0 Å². The average Bonchev–Trinajstić information content (AvgIpc) is 2.94. The first kappa shape index (κ1) is 24.8. The van der Waals surface area contributed by atoms with Gasteiger partial charge in [-0.05, 0) is 73.2 Å². The van der Waals surface area contributed by atoms with Gasteiger partial charge in [-0.15, -0.1) is 6.42 Å². The Morgan fingerprint density at radius 1 is 1.00 bits per heavy atom. The van der Waals surface area contributed by atoms with E-state index in [-0.39, 0.29) is 0 Å². The first-order valence-corrected chi connectivity index (χ1v) is 13.2. The largest absolute Gasteiger partial charge is 0.369 e. The second-order valence-electron chi connectivity index (χ2n) is 10.0. The zero-order valence-electron chi connectivity index (χ0n) is 21.1. The van der Waals surface area contributed by atoms with Gasteiger partial charge in [0, 0.05) is 43.0 Å². The van der Waals surface area contributed by atoms with Crippen molar-refractivity contribution in [1.82, 2.24) is 15.3 Å². The number of anilines is 2. The molecule has 4 N–H and O–H groups in total. The van der Waals surface area contributed by atoms with E-state index >= 15 is 0 Å². The number of nitrogens with zero attached hydrogens (tertiary/aromatic N) is 3. The number of amides is 1. The number of rotatable bonds is 7. The zero-order valence-corrected chi connectivity index (χ0v) is 21.1. The molecule has 2 unspecified atom stereocenters. The number of nitrogens with two attached hydrogens (primary N) is 1. The minimum absolute atomic E-state index is 0.306. The van der Waals surface area contributed by atoms with E-state index in [4.69, 9.17) is 12.2 Å². The van der Waals surface area contributed by atoms with Crippen LogP contribution in [-0.4, -0.2) is 47.1 Å². The van der Waals surface area contributed by atoms with E-state index in [1.165, 1.54) is 19.3 Å². The molecule has 37 heavy (non-hydrogen) atoms. The quantitative estimate of drug-likeness (QED) is 0.426. The van der Waals surface area contributed by atoms with Gasteiger partial charge in [0.2, 0.25) is 5.91 Å². The number of hydrogen-bond acceptors (Lipinski definition) is 6. The van der Waals surface area contributed by atoms with Crippen molar-refractivity contribution >= 4 is 17.4 Å². The number of terminal acetylenes is 1. The normalized spacial score (nSPS) is 21.7. The number of benzene rings is 1. The van der Waals surface area contributed by atoms with Crippen LogP contribution in [0.25, 0.3) is 11.1 Å². The van der Waals surface area contributed by atoms with Gasteiger partial charge in [0.25, 0.3) is 0 Å². The molecule has 190 valence electrons. The van der Waals surface area contributed by atoms with E-state index in [1.807, 2.05) is 42.7 Å². The van der Waals surface area contributed by atoms with E-state index in [2.05, 4.69) is 43.6 Å². The number of piperidine rings is 1. The SMILES string of the molecule is C#Cc1ccc(N2CCCC(N[C@@H]3CCCCC3Nc3cc(-c4cccc(C(N)=O)c4)ccn3)C2)cn1. The third-order valence-corrected chi connectivity index (χ3v) is 7.47. The van der Waals surface area contributed by atoms with Crippen LogP contribution in [0.4, 0.5) is 11.5 Å². The molecule has 2 aromatic heterocycles. The highest BCUT2D eigenvalue weighted by Crippen LogP contribution is 2.27. The van der Waals surface area contributed by atoms with Gasteiger partial charge in [-0.1, -0.05) is 30.9 Å². The lowest BCUT2D eigenvalue weighted by atomic mass is 9.89. The monoisotopic (exact) mass is 494 g/mol. The minimum Gasteiger partial charge on any atom is -0.369 e. The van der Waals surface area contributed by atoms with Gasteiger partial charge in [0.15, 0.2) is 0 Å². The summed E-state index contributed by atoms with van der Waals surface area (Å²) in [5.41, 5.74) is 9.74. The van der Waals surface area contributed by atoms with E-state index < -0.39 is 5.91 Å². The Kier molecular flexibility index (Phi) is 7.67. The molecule has 2 fully saturated rings. The van der Waals surface area contributed by atoms with Crippen LogP contribution in [0.1, 0.15) is 54.6 Å². The van der Waals surface area contributed by atoms with Gasteiger partial charge < -0.3 is 21.3 Å². The van der Waals surface area contributed by atoms with Crippen molar-refractivity contribution in [3.05, 3.63) is 72.2 Å². The summed E-state index contributed by atoms with van der Waals surface area (Å²) >= 11 is 0. The molecule has 3 heterocycles. The molecule has 7 heteroatoms. The molecule has 1 aromatic carbocycles. The van der Waals surface area contributed by atoms with Crippen LogP contribution >= 0.6 is 0 Å². The summed E-state index contributed by atoms with van der Waals surface area (Å²) in [7, 11) is 0. The van der Waals surface area contributed by atoms with Crippen LogP contribution in [0.15, 0.2) is 60.9 Å². The van der Waals surface area contributed by atoms with Crippen molar-refractivity contribution in [3.8, 4) is 23.5 Å². The summed E-state index contributed by atoms with van der Waals surface area (Å²) in [6.07, 6.45) is 16.2. The van der Waals surface area contributed by atoms with Crippen LogP contribution in [-0.2, 0) is 0 Å². The number of primary amides is 1. The van der Waals surface area contributed by atoms with Gasteiger partial charge in [-0.3, -0.25) is 4.79 Å². The Morgan fingerprint density at radius 2 is 1.84 bits per heavy atom. The Labute approximate surface area is 218 Å². The minimum atomic E-state index is -0.424. The Hall–Kier alpha value is -3.89. The second kappa shape index (κ2) is 11.4. The summed E-state index contributed by atoms with van der Waals surface area (Å²) in [6.45, 7) is 2.00. The third-order valence-electron chi connectivity index (χ3n) is 7.47. The zero-order chi connectivity index (χ0) is 25.6. The molecule has 1 aliphatic carbocycles. The smallest absolute Gasteiger partial charge is 0.248 e. The molecular formula is C30H34N6O. The maximum atomic E-state index is 11.6. The van der Waals surface area contributed by atoms with E-state index in [1.54, 1.807) is 6.07 Å². The molecule has 1 amide bonds. The van der Waals surface area contributed by atoms with Crippen molar-refractivity contribution in [1.29, 1.82) is 0 Å². The summed E-state index contributed by atoms with van der Waals surface area (Å²) in [5, 5.41) is 7.70. The maximum Gasteiger partial charge on any atom is 0.248 e. The molecule has 0 spiro atoms. The molecule has 1 aliphatic heterocycles. The fourth-order valence-corrected chi connectivity index (χ4v) is 5.54. The number of carbonyl (C=O) groups is 1. The van der Waals surface area contributed by atoms with Gasteiger partial charge in [-0.25, -0.2) is 9.97 Å². The Morgan fingerprint density at radius 3 is 2.62 bits per heavy atom.